The van der Waals surface area contributed by atoms with E-state index in [0.29, 0.717) is 23.7 Å². The number of amides is 1. The molecule has 2 aromatic carbocycles. The number of hydrogen-bond acceptors (Lipinski definition) is 5. The fourth-order valence-corrected chi connectivity index (χ4v) is 3.19. The highest BCUT2D eigenvalue weighted by Gasteiger charge is 2.20. The van der Waals surface area contributed by atoms with Gasteiger partial charge in [-0.1, -0.05) is 0 Å². The number of ether oxygens (including phenoxy) is 2. The number of anilines is 2. The Labute approximate surface area is 151 Å². The van der Waals surface area contributed by atoms with E-state index in [0.717, 1.165) is 31.9 Å². The van der Waals surface area contributed by atoms with Gasteiger partial charge in [-0.05, 0) is 36.4 Å². The molecule has 0 atom stereocenters. The van der Waals surface area contributed by atoms with Crippen molar-refractivity contribution in [2.75, 3.05) is 49.7 Å². The van der Waals surface area contributed by atoms with Crippen LogP contribution in [-0.2, 0) is 4.79 Å². The van der Waals surface area contributed by atoms with Crippen LogP contribution in [0.3, 0.4) is 0 Å². The van der Waals surface area contributed by atoms with Crippen molar-refractivity contribution in [1.29, 1.82) is 0 Å². The largest absolute Gasteiger partial charge is 0.454 e. The summed E-state index contributed by atoms with van der Waals surface area (Å²) in [6.07, 6.45) is 0. The zero-order valence-electron chi connectivity index (χ0n) is 14.3. The first-order valence-corrected chi connectivity index (χ1v) is 8.60. The predicted molar refractivity (Wildman–Crippen MR) is 96.2 cm³/mol. The van der Waals surface area contributed by atoms with E-state index in [1.807, 2.05) is 0 Å². The van der Waals surface area contributed by atoms with Gasteiger partial charge < -0.3 is 19.7 Å². The molecule has 1 saturated heterocycles. The van der Waals surface area contributed by atoms with Crippen LogP contribution in [0.4, 0.5) is 15.8 Å². The van der Waals surface area contributed by atoms with Gasteiger partial charge in [0.1, 0.15) is 5.82 Å². The summed E-state index contributed by atoms with van der Waals surface area (Å²) in [5.41, 5.74) is 1.71. The third kappa shape index (κ3) is 3.72. The number of nitrogens with one attached hydrogen (secondary N) is 1. The van der Waals surface area contributed by atoms with Crippen molar-refractivity contribution in [3.8, 4) is 11.5 Å². The van der Waals surface area contributed by atoms with Crippen LogP contribution in [0.2, 0.25) is 0 Å². The van der Waals surface area contributed by atoms with Crippen LogP contribution in [-0.4, -0.2) is 50.3 Å². The summed E-state index contributed by atoms with van der Waals surface area (Å²) < 4.78 is 23.6. The van der Waals surface area contributed by atoms with Gasteiger partial charge in [0.15, 0.2) is 11.5 Å². The third-order valence-electron chi connectivity index (χ3n) is 4.59. The summed E-state index contributed by atoms with van der Waals surface area (Å²) in [7, 11) is 0. The molecular weight excluding hydrogens is 337 g/mol. The molecule has 0 radical (unpaired) electrons. The maximum atomic E-state index is 13.0. The topological polar surface area (TPSA) is 54.0 Å². The fraction of sp³-hybridized carbons (Fsp3) is 0.316. The Kier molecular flexibility index (Phi) is 4.62. The van der Waals surface area contributed by atoms with Crippen molar-refractivity contribution in [1.82, 2.24) is 4.90 Å². The number of carbonyl (C=O) groups is 1. The highest BCUT2D eigenvalue weighted by Crippen LogP contribution is 2.34. The van der Waals surface area contributed by atoms with Crippen LogP contribution < -0.4 is 19.7 Å². The molecule has 136 valence electrons. The van der Waals surface area contributed by atoms with Gasteiger partial charge in [0.2, 0.25) is 12.7 Å². The molecule has 0 aliphatic carbocycles. The number of rotatable bonds is 4. The van der Waals surface area contributed by atoms with Crippen molar-refractivity contribution < 1.29 is 18.7 Å². The van der Waals surface area contributed by atoms with E-state index in [1.54, 1.807) is 30.3 Å². The molecule has 1 fully saturated rings. The lowest BCUT2D eigenvalue weighted by Gasteiger charge is -2.35. The number of fused-ring (bicyclic) bond motifs is 1. The lowest BCUT2D eigenvalue weighted by Crippen LogP contribution is -2.48. The molecule has 0 unspecified atom stereocenters. The first-order chi connectivity index (χ1) is 12.7. The van der Waals surface area contributed by atoms with Crippen LogP contribution in [0, 0.1) is 5.82 Å². The lowest BCUT2D eigenvalue weighted by atomic mass is 10.2. The second-order valence-electron chi connectivity index (χ2n) is 6.36. The second kappa shape index (κ2) is 7.21. The number of nitrogens with zero attached hydrogens (tertiary/aromatic N) is 2. The second-order valence-corrected chi connectivity index (χ2v) is 6.36. The van der Waals surface area contributed by atoms with Crippen molar-refractivity contribution in [3.63, 3.8) is 0 Å². The van der Waals surface area contributed by atoms with Crippen LogP contribution in [0.5, 0.6) is 11.5 Å². The predicted octanol–water partition coefficient (Wildman–Crippen LogP) is 2.32. The quantitative estimate of drug-likeness (QED) is 0.910. The molecule has 1 N–H and O–H groups in total. The Bertz CT molecular complexity index is 789. The SMILES string of the molecule is O=C(CN1CCN(c2ccc(F)cc2)CC1)Nc1ccc2c(c1)OCO2. The summed E-state index contributed by atoms with van der Waals surface area (Å²) in [5, 5.41) is 2.90. The van der Waals surface area contributed by atoms with Gasteiger partial charge in [0.25, 0.3) is 0 Å². The Hall–Kier alpha value is -2.80. The first-order valence-electron chi connectivity index (χ1n) is 8.60. The molecule has 2 aliphatic rings. The van der Waals surface area contributed by atoms with E-state index in [4.69, 9.17) is 9.47 Å². The van der Waals surface area contributed by atoms with Gasteiger partial charge in [0.05, 0.1) is 6.54 Å². The Morgan fingerprint density at radius 2 is 1.73 bits per heavy atom. The normalized spacial score (nSPS) is 16.6. The van der Waals surface area contributed by atoms with E-state index < -0.39 is 0 Å². The lowest BCUT2D eigenvalue weighted by molar-refractivity contribution is -0.117. The number of hydrogen-bond donors (Lipinski definition) is 1. The van der Waals surface area contributed by atoms with E-state index >= 15 is 0 Å². The van der Waals surface area contributed by atoms with E-state index in [1.165, 1.54) is 12.1 Å². The van der Waals surface area contributed by atoms with Gasteiger partial charge in [-0.3, -0.25) is 9.69 Å². The third-order valence-corrected chi connectivity index (χ3v) is 4.59. The molecule has 7 heteroatoms. The maximum Gasteiger partial charge on any atom is 0.238 e. The zero-order chi connectivity index (χ0) is 17.9. The minimum absolute atomic E-state index is 0.0564. The molecule has 0 spiro atoms. The average Bonchev–Trinajstić information content (AvgIpc) is 3.11. The Morgan fingerprint density at radius 3 is 2.50 bits per heavy atom. The molecule has 2 heterocycles. The van der Waals surface area contributed by atoms with Crippen molar-refractivity contribution in [3.05, 3.63) is 48.3 Å². The van der Waals surface area contributed by atoms with E-state index in [9.17, 15) is 9.18 Å². The van der Waals surface area contributed by atoms with Gasteiger partial charge in [-0.2, -0.15) is 0 Å². The fourth-order valence-electron chi connectivity index (χ4n) is 3.19. The van der Waals surface area contributed by atoms with Gasteiger partial charge in [-0.25, -0.2) is 4.39 Å². The molecule has 2 aromatic rings. The standard InChI is InChI=1S/C19H20FN3O3/c20-14-1-4-16(5-2-14)23-9-7-22(8-10-23)12-19(24)21-15-3-6-17-18(11-15)26-13-25-17/h1-6,11H,7-10,12-13H2,(H,21,24). The summed E-state index contributed by atoms with van der Waals surface area (Å²) >= 11 is 0. The summed E-state index contributed by atoms with van der Waals surface area (Å²) in [6.45, 7) is 3.74. The Morgan fingerprint density at radius 1 is 1.00 bits per heavy atom. The number of carbonyl (C=O) groups excluding carboxylic acids is 1. The molecule has 1 amide bonds. The minimum Gasteiger partial charge on any atom is -0.454 e. The summed E-state index contributed by atoms with van der Waals surface area (Å²) in [5.74, 6) is 1.06. The van der Waals surface area contributed by atoms with E-state index in [2.05, 4.69) is 15.1 Å². The summed E-state index contributed by atoms with van der Waals surface area (Å²) in [4.78, 5) is 16.6. The molecular formula is C19H20FN3O3. The minimum atomic E-state index is -0.229. The van der Waals surface area contributed by atoms with Crippen LogP contribution >= 0.6 is 0 Å². The zero-order valence-corrected chi connectivity index (χ0v) is 14.3. The van der Waals surface area contributed by atoms with Crippen LogP contribution in [0.15, 0.2) is 42.5 Å². The molecule has 0 aromatic heterocycles. The van der Waals surface area contributed by atoms with Crippen molar-refractivity contribution >= 4 is 17.3 Å². The molecule has 4 rings (SSSR count). The number of piperazine rings is 1. The van der Waals surface area contributed by atoms with E-state index in [-0.39, 0.29) is 18.5 Å². The first kappa shape index (κ1) is 16.7. The Balaban J connectivity index is 1.27. The average molecular weight is 357 g/mol. The number of halogens is 1. The van der Waals surface area contributed by atoms with Crippen molar-refractivity contribution in [2.24, 2.45) is 0 Å². The van der Waals surface area contributed by atoms with Crippen LogP contribution in [0.25, 0.3) is 0 Å². The van der Waals surface area contributed by atoms with Gasteiger partial charge in [-0.15, -0.1) is 0 Å². The number of benzene rings is 2. The maximum absolute atomic E-state index is 13.0. The van der Waals surface area contributed by atoms with Crippen LogP contribution in [0.1, 0.15) is 0 Å². The molecule has 0 saturated carbocycles. The molecule has 0 bridgehead atoms. The molecule has 2 aliphatic heterocycles. The monoisotopic (exact) mass is 357 g/mol. The molecule has 6 nitrogen and oxygen atoms in total. The smallest absolute Gasteiger partial charge is 0.238 e. The van der Waals surface area contributed by atoms with Gasteiger partial charge >= 0.3 is 0 Å². The highest BCUT2D eigenvalue weighted by molar-refractivity contribution is 5.92. The molecule has 26 heavy (non-hydrogen) atoms. The van der Waals surface area contributed by atoms with Gasteiger partial charge in [0, 0.05) is 43.6 Å². The highest BCUT2D eigenvalue weighted by atomic mass is 19.1. The van der Waals surface area contributed by atoms with Crippen molar-refractivity contribution in [2.45, 2.75) is 0 Å². The summed E-state index contributed by atoms with van der Waals surface area (Å²) in [6, 6.07) is 11.9.